The third kappa shape index (κ3) is 4.39. The molecule has 1 N–H and O–H groups in total. The number of hydrogen-bond acceptors (Lipinski definition) is 7. The van der Waals surface area contributed by atoms with Crippen molar-refractivity contribution < 1.29 is 14.5 Å². The maximum atomic E-state index is 11.9. The zero-order chi connectivity index (χ0) is 17.0. The van der Waals surface area contributed by atoms with Gasteiger partial charge in [0.1, 0.15) is 0 Å². The van der Waals surface area contributed by atoms with Crippen LogP contribution in [0.3, 0.4) is 0 Å². The van der Waals surface area contributed by atoms with Gasteiger partial charge in [0.2, 0.25) is 11.8 Å². The molecular weight excluding hydrogens is 340 g/mol. The quantitative estimate of drug-likeness (QED) is 0.479. The molecule has 0 unspecified atom stereocenters. The van der Waals surface area contributed by atoms with Crippen LogP contribution in [0.15, 0.2) is 22.5 Å². The van der Waals surface area contributed by atoms with Crippen molar-refractivity contribution in [2.45, 2.75) is 4.34 Å². The van der Waals surface area contributed by atoms with Crippen molar-refractivity contribution in [3.63, 3.8) is 0 Å². The second kappa shape index (κ2) is 7.38. The molecule has 0 fully saturated rings. The van der Waals surface area contributed by atoms with Crippen molar-refractivity contribution in [1.29, 1.82) is 0 Å². The molecule has 1 heterocycles. The Morgan fingerprint density at radius 3 is 2.87 bits per heavy atom. The first-order chi connectivity index (χ1) is 10.9. The number of rotatable bonds is 6. The molecule has 122 valence electrons. The summed E-state index contributed by atoms with van der Waals surface area (Å²) >= 11 is 2.54. The third-order valence-corrected chi connectivity index (χ3v) is 5.11. The number of thioether (sulfide) groups is 1. The Labute approximate surface area is 140 Å². The summed E-state index contributed by atoms with van der Waals surface area (Å²) in [6.45, 7) is 0.00192. The fourth-order valence-electron chi connectivity index (χ4n) is 1.68. The van der Waals surface area contributed by atoms with E-state index in [-0.39, 0.29) is 29.8 Å². The third-order valence-electron chi connectivity index (χ3n) is 2.97. The number of nitrogens with one attached hydrogen (secondary N) is 1. The van der Waals surface area contributed by atoms with Crippen LogP contribution in [-0.2, 0) is 9.59 Å². The van der Waals surface area contributed by atoms with Crippen LogP contribution in [0, 0.1) is 10.1 Å². The van der Waals surface area contributed by atoms with Gasteiger partial charge < -0.3 is 10.2 Å². The van der Waals surface area contributed by atoms with E-state index < -0.39 is 4.92 Å². The molecule has 2 amide bonds. The summed E-state index contributed by atoms with van der Waals surface area (Å²) in [6, 6.07) is 4.46. The summed E-state index contributed by atoms with van der Waals surface area (Å²) in [5.41, 5.74) is 0.674. The number of carbonyl (C=O) groups is 2. The monoisotopic (exact) mass is 354 g/mol. The smallest absolute Gasteiger partial charge is 0.270 e. The molecule has 0 saturated heterocycles. The van der Waals surface area contributed by atoms with E-state index in [1.54, 1.807) is 13.1 Å². The molecule has 0 saturated carbocycles. The molecule has 23 heavy (non-hydrogen) atoms. The normalized spacial score (nSPS) is 10.5. The summed E-state index contributed by atoms with van der Waals surface area (Å²) in [4.78, 5) is 39.1. The lowest BCUT2D eigenvalue weighted by molar-refractivity contribution is -0.384. The molecule has 0 aliphatic heterocycles. The number of carbonyl (C=O) groups excluding carboxylic acids is 2. The number of nitro groups is 1. The van der Waals surface area contributed by atoms with E-state index in [9.17, 15) is 19.7 Å². The van der Waals surface area contributed by atoms with E-state index in [0.717, 1.165) is 0 Å². The number of likely N-dealkylation sites (N-methyl/N-ethyl adjacent to an activating group) is 2. The van der Waals surface area contributed by atoms with E-state index >= 15 is 0 Å². The predicted molar refractivity (Wildman–Crippen MR) is 88.7 cm³/mol. The second-order valence-corrected chi connectivity index (χ2v) is 6.85. The van der Waals surface area contributed by atoms with Crippen LogP contribution in [0.5, 0.6) is 0 Å². The van der Waals surface area contributed by atoms with E-state index in [2.05, 4.69) is 10.3 Å². The molecule has 10 heteroatoms. The average molecular weight is 354 g/mol. The van der Waals surface area contributed by atoms with Gasteiger partial charge in [-0.2, -0.15) is 0 Å². The molecule has 1 aromatic heterocycles. The van der Waals surface area contributed by atoms with E-state index in [1.807, 2.05) is 0 Å². The van der Waals surface area contributed by atoms with E-state index in [4.69, 9.17) is 0 Å². The Balaban J connectivity index is 2.00. The van der Waals surface area contributed by atoms with E-state index in [1.165, 1.54) is 47.2 Å². The molecule has 2 aromatic rings. The highest BCUT2D eigenvalue weighted by Crippen LogP contribution is 2.31. The zero-order valence-corrected chi connectivity index (χ0v) is 14.1. The highest BCUT2D eigenvalue weighted by molar-refractivity contribution is 8.01. The zero-order valence-electron chi connectivity index (χ0n) is 12.4. The van der Waals surface area contributed by atoms with Crippen LogP contribution in [0.1, 0.15) is 0 Å². The van der Waals surface area contributed by atoms with Crippen molar-refractivity contribution in [3.05, 3.63) is 28.3 Å². The van der Waals surface area contributed by atoms with Crippen molar-refractivity contribution in [1.82, 2.24) is 15.2 Å². The predicted octanol–water partition coefficient (Wildman–Crippen LogP) is 1.50. The highest BCUT2D eigenvalue weighted by Gasteiger charge is 2.15. The summed E-state index contributed by atoms with van der Waals surface area (Å²) < 4.78 is 1.36. The van der Waals surface area contributed by atoms with Gasteiger partial charge >= 0.3 is 0 Å². The molecule has 0 spiro atoms. The maximum Gasteiger partial charge on any atom is 0.270 e. The van der Waals surface area contributed by atoms with Crippen molar-refractivity contribution in [3.8, 4) is 0 Å². The van der Waals surface area contributed by atoms with Crippen LogP contribution in [0.25, 0.3) is 10.2 Å². The van der Waals surface area contributed by atoms with Crippen molar-refractivity contribution >= 4 is 50.8 Å². The molecule has 8 nitrogen and oxygen atoms in total. The first-order valence-electron chi connectivity index (χ1n) is 6.53. The summed E-state index contributed by atoms with van der Waals surface area (Å²) in [6.07, 6.45) is 0. The number of non-ortho nitro benzene ring substituents is 1. The molecule has 0 bridgehead atoms. The molecule has 0 atom stereocenters. The first kappa shape index (κ1) is 17.2. The number of fused-ring (bicyclic) bond motifs is 1. The number of aromatic nitrogens is 1. The van der Waals surface area contributed by atoms with E-state index in [0.29, 0.717) is 14.6 Å². The second-order valence-electron chi connectivity index (χ2n) is 4.60. The number of thiazole rings is 1. The molecule has 0 radical (unpaired) electrons. The summed E-state index contributed by atoms with van der Waals surface area (Å²) in [5.74, 6) is -0.280. The average Bonchev–Trinajstić information content (AvgIpc) is 2.93. The van der Waals surface area contributed by atoms with Crippen molar-refractivity contribution in [2.24, 2.45) is 0 Å². The van der Waals surface area contributed by atoms with Gasteiger partial charge in [-0.1, -0.05) is 11.8 Å². The lowest BCUT2D eigenvalue weighted by Gasteiger charge is -2.15. The van der Waals surface area contributed by atoms with Crippen LogP contribution in [-0.4, -0.2) is 53.0 Å². The first-order valence-corrected chi connectivity index (χ1v) is 8.33. The minimum atomic E-state index is -0.455. The van der Waals surface area contributed by atoms with Crippen LogP contribution >= 0.6 is 23.1 Å². The van der Waals surface area contributed by atoms with Crippen LogP contribution in [0.2, 0.25) is 0 Å². The number of hydrogen-bond donors (Lipinski definition) is 1. The molecular formula is C13H14N4O4S2. The van der Waals surface area contributed by atoms with Gasteiger partial charge in [-0.25, -0.2) is 4.98 Å². The number of nitrogens with zero attached hydrogens (tertiary/aromatic N) is 3. The standard InChI is InChI=1S/C13H14N4O4S2/c1-14-11(18)6-16(2)12(19)7-22-13-15-9-4-3-8(17(20)21)5-10(9)23-13/h3-5H,6-7H2,1-2H3,(H,14,18). The fourth-order valence-corrected chi connectivity index (χ4v) is 3.73. The van der Waals surface area contributed by atoms with Gasteiger partial charge in [0.15, 0.2) is 4.34 Å². The Bertz CT molecular complexity index is 762. The van der Waals surface area contributed by atoms with Gasteiger partial charge in [0.25, 0.3) is 5.69 Å². The summed E-state index contributed by atoms with van der Waals surface area (Å²) in [7, 11) is 3.07. The maximum absolute atomic E-state index is 11.9. The molecule has 0 aliphatic carbocycles. The molecule has 0 aliphatic rings. The van der Waals surface area contributed by atoms with Gasteiger partial charge in [-0.3, -0.25) is 19.7 Å². The SMILES string of the molecule is CNC(=O)CN(C)C(=O)CSc1nc2ccc([N+](=O)[O-])cc2s1. The van der Waals surface area contributed by atoms with Gasteiger partial charge in [0.05, 0.1) is 27.4 Å². The van der Waals surface area contributed by atoms with Gasteiger partial charge in [-0.15, -0.1) is 11.3 Å². The Morgan fingerprint density at radius 2 is 2.22 bits per heavy atom. The number of benzene rings is 1. The minimum Gasteiger partial charge on any atom is -0.358 e. The Kier molecular flexibility index (Phi) is 5.50. The summed E-state index contributed by atoms with van der Waals surface area (Å²) in [5, 5.41) is 13.2. The Hall–Kier alpha value is -2.20. The highest BCUT2D eigenvalue weighted by atomic mass is 32.2. The van der Waals surface area contributed by atoms with Crippen LogP contribution < -0.4 is 5.32 Å². The Morgan fingerprint density at radius 1 is 1.48 bits per heavy atom. The van der Waals surface area contributed by atoms with Gasteiger partial charge in [-0.05, 0) is 6.07 Å². The lowest BCUT2D eigenvalue weighted by atomic mass is 10.3. The van der Waals surface area contributed by atoms with Crippen LogP contribution in [0.4, 0.5) is 5.69 Å². The largest absolute Gasteiger partial charge is 0.358 e. The number of nitro benzene ring substituents is 1. The van der Waals surface area contributed by atoms with Gasteiger partial charge in [0, 0.05) is 26.2 Å². The topological polar surface area (TPSA) is 105 Å². The minimum absolute atomic E-state index is 0.00192. The van der Waals surface area contributed by atoms with Crippen molar-refractivity contribution in [2.75, 3.05) is 26.4 Å². The molecule has 1 aromatic carbocycles. The fraction of sp³-hybridized carbons (Fsp3) is 0.308. The number of amides is 2. The lowest BCUT2D eigenvalue weighted by Crippen LogP contribution is -2.37. The molecule has 2 rings (SSSR count).